The van der Waals surface area contributed by atoms with Gasteiger partial charge in [-0.25, -0.2) is 9.97 Å². The Morgan fingerprint density at radius 3 is 1.93 bits per heavy atom. The quantitative estimate of drug-likeness (QED) is 0.108. The highest BCUT2D eigenvalue weighted by molar-refractivity contribution is 5.91. The van der Waals surface area contributed by atoms with E-state index < -0.39 is 12.1 Å². The zero-order valence-electron chi connectivity index (χ0n) is 34.4. The van der Waals surface area contributed by atoms with Crippen LogP contribution in [0.5, 0.6) is 11.5 Å². The Labute approximate surface area is 349 Å². The van der Waals surface area contributed by atoms with Crippen LogP contribution in [0.4, 0.5) is 0 Å². The van der Waals surface area contributed by atoms with Gasteiger partial charge < -0.3 is 34.6 Å². The average molecular weight is 807 g/mol. The lowest BCUT2D eigenvalue weighted by Gasteiger charge is -2.31. The number of nitrogens with one attached hydrogen (secondary N) is 3. The fourth-order valence-corrected chi connectivity index (χ4v) is 9.07. The van der Waals surface area contributed by atoms with Crippen LogP contribution in [0.2, 0.25) is 0 Å². The van der Waals surface area contributed by atoms with E-state index in [0.717, 1.165) is 87.3 Å². The number of hydrogen-bond donors (Lipinski definition) is 3. The summed E-state index contributed by atoms with van der Waals surface area (Å²) in [6, 6.07) is 25.8. The number of carbonyl (C=O) groups excluding carboxylic acids is 3. The molecule has 2 unspecified atom stereocenters. The fourth-order valence-electron chi connectivity index (χ4n) is 9.07. The highest BCUT2D eigenvalue weighted by atomic mass is 16.7. The van der Waals surface area contributed by atoms with Gasteiger partial charge in [-0.05, 0) is 103 Å². The van der Waals surface area contributed by atoms with Crippen molar-refractivity contribution in [1.82, 2.24) is 40.0 Å². The maximum atomic E-state index is 14.2. The Morgan fingerprint density at radius 1 is 0.733 bits per heavy atom. The molecule has 4 aromatic carbocycles. The van der Waals surface area contributed by atoms with E-state index in [1.165, 1.54) is 0 Å². The predicted octanol–water partition coefficient (Wildman–Crippen LogP) is 7.42. The minimum Gasteiger partial charge on any atom is -0.454 e. The van der Waals surface area contributed by atoms with Gasteiger partial charge in [-0.1, -0.05) is 68.4 Å². The summed E-state index contributed by atoms with van der Waals surface area (Å²) in [5, 5.41) is 4.94. The summed E-state index contributed by atoms with van der Waals surface area (Å²) in [7, 11) is 3.85. The van der Waals surface area contributed by atoms with E-state index in [9.17, 15) is 14.4 Å². The van der Waals surface area contributed by atoms with Crippen LogP contribution in [0.3, 0.4) is 0 Å². The van der Waals surface area contributed by atoms with Crippen LogP contribution in [-0.4, -0.2) is 92.9 Å². The largest absolute Gasteiger partial charge is 0.454 e. The summed E-state index contributed by atoms with van der Waals surface area (Å²) >= 11 is 0. The molecular formula is C47H50N8O5. The van der Waals surface area contributed by atoms with Crippen LogP contribution in [0.15, 0.2) is 91.3 Å². The summed E-state index contributed by atoms with van der Waals surface area (Å²) in [5.74, 6) is 2.87. The fraction of sp³-hybridized carbons (Fsp3) is 0.340. The third-order valence-electron chi connectivity index (χ3n) is 12.2. The Bertz CT molecular complexity index is 2540. The molecule has 60 heavy (non-hydrogen) atoms. The number of amides is 3. The summed E-state index contributed by atoms with van der Waals surface area (Å²) in [6.45, 7) is 5.38. The van der Waals surface area contributed by atoms with Gasteiger partial charge in [0, 0.05) is 18.7 Å². The molecular weight excluding hydrogens is 757 g/mol. The van der Waals surface area contributed by atoms with Crippen LogP contribution in [0, 0.1) is 5.92 Å². The Kier molecular flexibility index (Phi) is 10.6. The summed E-state index contributed by atoms with van der Waals surface area (Å²) < 4.78 is 11.1. The van der Waals surface area contributed by atoms with Crippen molar-refractivity contribution in [2.75, 3.05) is 34.0 Å². The number of fused-ring (bicyclic) bond motifs is 2. The first-order valence-corrected chi connectivity index (χ1v) is 20.8. The van der Waals surface area contributed by atoms with E-state index in [-0.39, 0.29) is 36.6 Å². The van der Waals surface area contributed by atoms with Crippen LogP contribution in [0.25, 0.3) is 44.4 Å². The molecule has 3 aliphatic rings. The molecule has 3 N–H and O–H groups in total. The molecule has 9 rings (SSSR count). The van der Waals surface area contributed by atoms with Crippen LogP contribution in [0.1, 0.15) is 74.9 Å². The van der Waals surface area contributed by atoms with E-state index in [0.29, 0.717) is 31.0 Å². The molecule has 6 aromatic rings. The summed E-state index contributed by atoms with van der Waals surface area (Å²) in [6.07, 6.45) is 7.76. The van der Waals surface area contributed by atoms with E-state index in [2.05, 4.69) is 75.9 Å². The van der Waals surface area contributed by atoms with Gasteiger partial charge in [0.25, 0.3) is 0 Å². The molecule has 0 saturated carbocycles. The first-order valence-electron chi connectivity index (χ1n) is 20.8. The number of imidazole rings is 2. The van der Waals surface area contributed by atoms with Gasteiger partial charge in [-0.15, -0.1) is 0 Å². The molecule has 0 bridgehead atoms. The van der Waals surface area contributed by atoms with Gasteiger partial charge in [0.15, 0.2) is 11.5 Å². The SMILES string of the molecule is CC(C)[C@H](NC=O)C(=O)N1CCC[C@H]1c1ncc(-c2ccc3cc(-c4ccc(-c5cnc(C6CCCN6C(=O)C(c6ccc7c(c6)OCO7)N(C)C)[nH]5)cc4)ccc3c2)[nH]1. The first-order chi connectivity index (χ1) is 29.2. The zero-order valence-corrected chi connectivity index (χ0v) is 34.4. The standard InChI is InChI=1S/C47H50N8O5/c1-28(2)42(50-26-56)46(57)54-19-5-7-38(54)44-49-25-37(52-44)34-16-15-32-21-31(13-14-33(32)22-34)29-9-11-30(12-10-29)36-24-48-45(51-36)39-8-6-20-55(39)47(58)43(53(3)4)35-17-18-40-41(23-35)60-27-59-40/h9-18,21-26,28,38-39,42-43H,5-8,19-20,27H2,1-4H3,(H,48,51)(H,49,52)(H,50,56)/t38-,39?,42-,43?/m0/s1. The van der Waals surface area contributed by atoms with Crippen molar-refractivity contribution in [3.63, 3.8) is 0 Å². The van der Waals surface area contributed by atoms with Crippen molar-refractivity contribution in [3.05, 3.63) is 108 Å². The van der Waals surface area contributed by atoms with Gasteiger partial charge in [0.05, 0.1) is 35.9 Å². The number of ether oxygens (including phenoxy) is 2. The minimum absolute atomic E-state index is 0.0179. The van der Waals surface area contributed by atoms with Gasteiger partial charge >= 0.3 is 0 Å². The third kappa shape index (κ3) is 7.38. The lowest BCUT2D eigenvalue weighted by atomic mass is 9.98. The smallest absolute Gasteiger partial charge is 0.246 e. The highest BCUT2D eigenvalue weighted by Gasteiger charge is 2.38. The van der Waals surface area contributed by atoms with Crippen molar-refractivity contribution in [2.24, 2.45) is 5.92 Å². The number of hydrogen-bond acceptors (Lipinski definition) is 8. The van der Waals surface area contributed by atoms with E-state index in [1.807, 2.05) is 73.2 Å². The second-order valence-corrected chi connectivity index (χ2v) is 16.6. The van der Waals surface area contributed by atoms with Crippen molar-refractivity contribution < 1.29 is 23.9 Å². The molecule has 3 aliphatic heterocycles. The molecule has 0 spiro atoms. The minimum atomic E-state index is -0.560. The highest BCUT2D eigenvalue weighted by Crippen LogP contribution is 2.39. The molecule has 308 valence electrons. The normalized spacial score (nSPS) is 18.4. The number of rotatable bonds is 12. The van der Waals surface area contributed by atoms with Gasteiger partial charge in [0.2, 0.25) is 25.0 Å². The second kappa shape index (κ2) is 16.3. The molecule has 5 heterocycles. The Hall–Kier alpha value is -6.47. The zero-order chi connectivity index (χ0) is 41.5. The lowest BCUT2D eigenvalue weighted by Crippen LogP contribution is -2.48. The lowest BCUT2D eigenvalue weighted by molar-refractivity contribution is -0.137. The Morgan fingerprint density at radius 2 is 1.30 bits per heavy atom. The maximum Gasteiger partial charge on any atom is 0.246 e. The number of nitrogens with zero attached hydrogens (tertiary/aromatic N) is 5. The molecule has 0 radical (unpaired) electrons. The third-order valence-corrected chi connectivity index (χ3v) is 12.2. The maximum absolute atomic E-state index is 14.2. The Balaban J connectivity index is 0.876. The molecule has 4 atom stereocenters. The monoisotopic (exact) mass is 806 g/mol. The molecule has 2 saturated heterocycles. The van der Waals surface area contributed by atoms with Crippen molar-refractivity contribution in [3.8, 4) is 45.1 Å². The van der Waals surface area contributed by atoms with Gasteiger partial charge in [0.1, 0.15) is 23.7 Å². The number of carbonyl (C=O) groups is 3. The van der Waals surface area contributed by atoms with Crippen LogP contribution < -0.4 is 14.8 Å². The van der Waals surface area contributed by atoms with Crippen molar-refractivity contribution >= 4 is 29.0 Å². The second-order valence-electron chi connectivity index (χ2n) is 16.6. The number of likely N-dealkylation sites (N-methyl/N-ethyl adjacent to an activating group) is 1. The number of aromatic amines is 2. The van der Waals surface area contributed by atoms with Crippen LogP contribution in [-0.2, 0) is 14.4 Å². The predicted molar refractivity (Wildman–Crippen MR) is 229 cm³/mol. The average Bonchev–Trinajstić information content (AvgIpc) is 4.11. The number of H-pyrrole nitrogens is 2. The van der Waals surface area contributed by atoms with Crippen LogP contribution >= 0.6 is 0 Å². The van der Waals surface area contributed by atoms with Gasteiger partial charge in [-0.2, -0.15) is 0 Å². The first kappa shape index (κ1) is 39.0. The summed E-state index contributed by atoms with van der Waals surface area (Å²) in [4.78, 5) is 61.1. The van der Waals surface area contributed by atoms with Crippen molar-refractivity contribution in [1.29, 1.82) is 0 Å². The van der Waals surface area contributed by atoms with E-state index >= 15 is 0 Å². The molecule has 2 fully saturated rings. The number of likely N-dealkylation sites (tertiary alicyclic amines) is 2. The van der Waals surface area contributed by atoms with E-state index in [1.54, 1.807) is 0 Å². The molecule has 13 nitrogen and oxygen atoms in total. The molecule has 0 aliphatic carbocycles. The van der Waals surface area contributed by atoms with Crippen molar-refractivity contribution in [2.45, 2.75) is 63.7 Å². The number of aromatic nitrogens is 4. The topological polar surface area (TPSA) is 149 Å². The van der Waals surface area contributed by atoms with E-state index in [4.69, 9.17) is 19.4 Å². The number of benzene rings is 4. The molecule has 13 heteroatoms. The summed E-state index contributed by atoms with van der Waals surface area (Å²) in [5.41, 5.74) is 6.93. The molecule has 2 aromatic heterocycles. The molecule has 3 amide bonds. The van der Waals surface area contributed by atoms with Gasteiger partial charge in [-0.3, -0.25) is 19.3 Å².